The molecule has 1 aliphatic carbocycles. The Labute approximate surface area is 153 Å². The van der Waals surface area contributed by atoms with Crippen molar-refractivity contribution in [3.63, 3.8) is 0 Å². The monoisotopic (exact) mass is 351 g/mol. The van der Waals surface area contributed by atoms with Gasteiger partial charge in [0.25, 0.3) is 0 Å². The van der Waals surface area contributed by atoms with E-state index in [-0.39, 0.29) is 0 Å². The molecule has 0 atom stereocenters. The zero-order valence-electron chi connectivity index (χ0n) is 16.1. The molecule has 0 unspecified atom stereocenters. The van der Waals surface area contributed by atoms with Crippen molar-refractivity contribution in [2.45, 2.75) is 76.7 Å². The Hall–Kier alpha value is -0.810. The van der Waals surface area contributed by atoms with Crippen molar-refractivity contribution in [1.82, 2.24) is 10.2 Å². The van der Waals surface area contributed by atoms with Gasteiger partial charge in [0.2, 0.25) is 0 Å². The highest BCUT2D eigenvalue weighted by molar-refractivity contribution is 5.80. The first-order valence-corrected chi connectivity index (χ1v) is 10.5. The molecule has 3 rings (SSSR count). The molecular weight excluding hydrogens is 314 g/mol. The van der Waals surface area contributed by atoms with Crippen LogP contribution in [0.5, 0.6) is 0 Å². The first-order valence-electron chi connectivity index (χ1n) is 10.5. The third-order valence-corrected chi connectivity index (χ3v) is 6.41. The normalized spacial score (nSPS) is 27.1. The first-order chi connectivity index (χ1) is 12.1. The smallest absolute Gasteiger partial charge is 0.194 e. The number of hydrogen-bond donors (Lipinski definition) is 2. The van der Waals surface area contributed by atoms with E-state index in [1.165, 1.54) is 51.4 Å². The summed E-state index contributed by atoms with van der Waals surface area (Å²) in [4.78, 5) is 7.33. The van der Waals surface area contributed by atoms with E-state index in [1.54, 1.807) is 0 Å². The van der Waals surface area contributed by atoms with Gasteiger partial charge < -0.3 is 20.1 Å². The second kappa shape index (κ2) is 8.72. The van der Waals surface area contributed by atoms with Crippen LogP contribution in [-0.4, -0.2) is 61.0 Å². The van der Waals surface area contributed by atoms with Gasteiger partial charge in [-0.05, 0) is 38.0 Å². The maximum Gasteiger partial charge on any atom is 0.194 e. The fraction of sp³-hybridized carbons (Fsp3) is 0.950. The van der Waals surface area contributed by atoms with Crippen LogP contribution >= 0.6 is 0 Å². The quantitative estimate of drug-likeness (QED) is 0.606. The number of ether oxygens (including phenoxy) is 1. The van der Waals surface area contributed by atoms with Crippen LogP contribution in [0.15, 0.2) is 4.99 Å². The van der Waals surface area contributed by atoms with Gasteiger partial charge in [-0.1, -0.05) is 25.7 Å². The van der Waals surface area contributed by atoms with Crippen LogP contribution in [0.2, 0.25) is 0 Å². The van der Waals surface area contributed by atoms with Crippen molar-refractivity contribution in [3.05, 3.63) is 0 Å². The van der Waals surface area contributed by atoms with Crippen molar-refractivity contribution in [1.29, 1.82) is 0 Å². The summed E-state index contributed by atoms with van der Waals surface area (Å²) in [7, 11) is 0. The molecule has 0 bridgehead atoms. The first kappa shape index (κ1) is 19.0. The summed E-state index contributed by atoms with van der Waals surface area (Å²) in [6.07, 6.45) is 12.4. The molecule has 0 aromatic carbocycles. The number of hydrogen-bond acceptors (Lipinski definition) is 3. The van der Waals surface area contributed by atoms with Gasteiger partial charge in [-0.25, -0.2) is 0 Å². The van der Waals surface area contributed by atoms with E-state index >= 15 is 0 Å². The summed E-state index contributed by atoms with van der Waals surface area (Å²) >= 11 is 0. The lowest BCUT2D eigenvalue weighted by Gasteiger charge is -2.44. The number of nitrogens with zero attached hydrogens (tertiary/aromatic N) is 2. The third kappa shape index (κ3) is 5.10. The summed E-state index contributed by atoms with van der Waals surface area (Å²) in [6.45, 7) is 7.02. The Bertz CT molecular complexity index is 438. The topological polar surface area (TPSA) is 57.1 Å². The molecule has 2 aliphatic heterocycles. The largest absolute Gasteiger partial charge is 0.388 e. The molecular formula is C20H37N3O2. The molecule has 0 radical (unpaired) electrons. The molecule has 1 spiro atoms. The van der Waals surface area contributed by atoms with Gasteiger partial charge in [-0.15, -0.1) is 0 Å². The van der Waals surface area contributed by atoms with Crippen molar-refractivity contribution in [2.24, 2.45) is 10.4 Å². The van der Waals surface area contributed by atoms with Crippen LogP contribution in [0.4, 0.5) is 0 Å². The summed E-state index contributed by atoms with van der Waals surface area (Å²) in [5, 5.41) is 14.2. The summed E-state index contributed by atoms with van der Waals surface area (Å²) in [5.74, 6) is 1.01. The molecule has 5 heteroatoms. The van der Waals surface area contributed by atoms with Crippen LogP contribution in [0.3, 0.4) is 0 Å². The van der Waals surface area contributed by atoms with E-state index in [9.17, 15) is 5.11 Å². The molecule has 25 heavy (non-hydrogen) atoms. The predicted octanol–water partition coefficient (Wildman–Crippen LogP) is 2.93. The Kier molecular flexibility index (Phi) is 6.61. The lowest BCUT2D eigenvalue weighted by Crippen LogP contribution is -2.51. The standard InChI is InChI=1S/C20H37N3O2/c1-2-21-18(22-16-20(24)11-14-25-15-12-20)23-13-7-10-19(17-23)8-5-3-4-6-9-19/h24H,2-17H2,1H3,(H,21,22). The zero-order chi connectivity index (χ0) is 17.6. The van der Waals surface area contributed by atoms with Gasteiger partial charge in [0, 0.05) is 45.7 Å². The SMILES string of the molecule is CCNC(=NCC1(O)CCOCC1)N1CCCC2(CCCCCC2)C1. The highest BCUT2D eigenvalue weighted by Crippen LogP contribution is 2.42. The molecule has 1 saturated carbocycles. The second-order valence-electron chi connectivity index (χ2n) is 8.45. The molecule has 0 amide bonds. The molecule has 2 saturated heterocycles. The zero-order valence-corrected chi connectivity index (χ0v) is 16.1. The van der Waals surface area contributed by atoms with E-state index in [4.69, 9.17) is 9.73 Å². The van der Waals surface area contributed by atoms with Crippen LogP contribution in [-0.2, 0) is 4.74 Å². The van der Waals surface area contributed by atoms with Gasteiger partial charge in [0.15, 0.2) is 5.96 Å². The van der Waals surface area contributed by atoms with E-state index < -0.39 is 5.60 Å². The van der Waals surface area contributed by atoms with E-state index in [0.29, 0.717) is 38.0 Å². The molecule has 0 aromatic heterocycles. The van der Waals surface area contributed by atoms with E-state index in [2.05, 4.69) is 17.1 Å². The van der Waals surface area contributed by atoms with Crippen LogP contribution < -0.4 is 5.32 Å². The predicted molar refractivity (Wildman–Crippen MR) is 102 cm³/mol. The van der Waals surface area contributed by atoms with Crippen molar-refractivity contribution >= 4 is 5.96 Å². The molecule has 144 valence electrons. The lowest BCUT2D eigenvalue weighted by molar-refractivity contribution is -0.0567. The number of guanidine groups is 1. The van der Waals surface area contributed by atoms with Gasteiger partial charge in [0.05, 0.1) is 12.1 Å². The van der Waals surface area contributed by atoms with Crippen molar-refractivity contribution < 1.29 is 9.84 Å². The van der Waals surface area contributed by atoms with Crippen molar-refractivity contribution in [3.8, 4) is 0 Å². The Morgan fingerprint density at radius 1 is 1.04 bits per heavy atom. The number of aliphatic imine (C=N–C) groups is 1. The third-order valence-electron chi connectivity index (χ3n) is 6.41. The highest BCUT2D eigenvalue weighted by atomic mass is 16.5. The Balaban J connectivity index is 1.67. The summed E-state index contributed by atoms with van der Waals surface area (Å²) < 4.78 is 5.39. The molecule has 2 N–H and O–H groups in total. The van der Waals surface area contributed by atoms with E-state index in [1.807, 2.05) is 0 Å². The number of aliphatic hydroxyl groups is 1. The number of rotatable bonds is 3. The Morgan fingerprint density at radius 3 is 2.40 bits per heavy atom. The average molecular weight is 352 g/mol. The van der Waals surface area contributed by atoms with Gasteiger partial charge in [0.1, 0.15) is 0 Å². The second-order valence-corrected chi connectivity index (χ2v) is 8.45. The van der Waals surface area contributed by atoms with Gasteiger partial charge in [-0.3, -0.25) is 4.99 Å². The maximum atomic E-state index is 10.7. The number of nitrogens with one attached hydrogen (secondary N) is 1. The molecule has 3 aliphatic rings. The highest BCUT2D eigenvalue weighted by Gasteiger charge is 2.37. The molecule has 3 fully saturated rings. The van der Waals surface area contributed by atoms with Crippen LogP contribution in [0.25, 0.3) is 0 Å². The Morgan fingerprint density at radius 2 is 1.72 bits per heavy atom. The fourth-order valence-electron chi connectivity index (χ4n) is 4.83. The van der Waals surface area contributed by atoms with Gasteiger partial charge >= 0.3 is 0 Å². The minimum absolute atomic E-state index is 0.488. The van der Waals surface area contributed by atoms with Crippen LogP contribution in [0.1, 0.15) is 71.1 Å². The molecule has 5 nitrogen and oxygen atoms in total. The lowest BCUT2D eigenvalue weighted by atomic mass is 9.74. The van der Waals surface area contributed by atoms with Gasteiger partial charge in [-0.2, -0.15) is 0 Å². The van der Waals surface area contributed by atoms with Crippen molar-refractivity contribution in [2.75, 3.05) is 39.4 Å². The number of likely N-dealkylation sites (tertiary alicyclic amines) is 1. The number of piperidine rings is 1. The fourth-order valence-corrected chi connectivity index (χ4v) is 4.83. The molecule has 0 aromatic rings. The maximum absolute atomic E-state index is 10.7. The molecule has 2 heterocycles. The minimum Gasteiger partial charge on any atom is -0.388 e. The minimum atomic E-state index is -0.686. The van der Waals surface area contributed by atoms with Crippen LogP contribution in [0, 0.1) is 5.41 Å². The summed E-state index contributed by atoms with van der Waals surface area (Å²) in [6, 6.07) is 0. The average Bonchev–Trinajstić information content (AvgIpc) is 2.85. The van der Waals surface area contributed by atoms with E-state index in [0.717, 1.165) is 25.6 Å². The summed E-state index contributed by atoms with van der Waals surface area (Å²) in [5.41, 5.74) is -0.185.